The van der Waals surface area contributed by atoms with E-state index >= 15 is 0 Å². The molecule has 0 spiro atoms. The SMILES string of the molecule is COc1ccc(Cl)cc1S(=O)(=O)Nc1cnc2c(c1)C(=O)N1C[C@@H](O)C[C@@H]1CO2. The van der Waals surface area contributed by atoms with Gasteiger partial charge in [-0.3, -0.25) is 9.52 Å². The number of pyridine rings is 1. The lowest BCUT2D eigenvalue weighted by Crippen LogP contribution is -2.37. The van der Waals surface area contributed by atoms with Crippen molar-refractivity contribution < 1.29 is 27.8 Å². The Bertz CT molecular complexity index is 1080. The Kier molecular flexibility index (Phi) is 5.01. The number of carbonyl (C=O) groups excluding carboxylic acids is 1. The number of aromatic nitrogens is 1. The molecule has 0 radical (unpaired) electrons. The van der Waals surface area contributed by atoms with Crippen LogP contribution in [-0.4, -0.2) is 61.7 Å². The molecule has 0 saturated carbocycles. The quantitative estimate of drug-likeness (QED) is 0.741. The zero-order valence-corrected chi connectivity index (χ0v) is 16.9. The van der Waals surface area contributed by atoms with Crippen molar-refractivity contribution in [1.82, 2.24) is 9.88 Å². The first-order chi connectivity index (χ1) is 13.8. The Morgan fingerprint density at radius 2 is 2.17 bits per heavy atom. The standard InChI is InChI=1S/C18H18ClN3O6S/c1-27-15-3-2-10(19)4-16(15)29(25,26)21-11-5-14-17(20-7-11)28-9-12-6-13(23)8-22(12)18(14)24/h2-5,7,12-13,21,23H,6,8-9H2,1H3/t12-,13+/m1/s1. The second kappa shape index (κ2) is 7.36. The van der Waals surface area contributed by atoms with E-state index in [0.29, 0.717) is 6.42 Å². The molecule has 2 aliphatic rings. The van der Waals surface area contributed by atoms with Gasteiger partial charge in [0, 0.05) is 11.6 Å². The molecule has 2 aromatic rings. The van der Waals surface area contributed by atoms with E-state index in [4.69, 9.17) is 21.1 Å². The summed E-state index contributed by atoms with van der Waals surface area (Å²) in [5.41, 5.74) is 0.209. The molecule has 11 heteroatoms. The van der Waals surface area contributed by atoms with E-state index in [1.54, 1.807) is 0 Å². The number of ether oxygens (including phenoxy) is 2. The molecule has 29 heavy (non-hydrogen) atoms. The molecule has 2 atom stereocenters. The van der Waals surface area contributed by atoms with Crippen molar-refractivity contribution in [2.24, 2.45) is 0 Å². The summed E-state index contributed by atoms with van der Waals surface area (Å²) < 4.78 is 38.8. The maximum Gasteiger partial charge on any atom is 0.265 e. The maximum absolute atomic E-state index is 12.9. The van der Waals surface area contributed by atoms with Crippen molar-refractivity contribution in [2.45, 2.75) is 23.5 Å². The maximum atomic E-state index is 12.9. The molecule has 0 aliphatic carbocycles. The largest absolute Gasteiger partial charge is 0.495 e. The number of anilines is 1. The minimum Gasteiger partial charge on any atom is -0.495 e. The summed E-state index contributed by atoms with van der Waals surface area (Å²) in [6.07, 6.45) is 1.08. The van der Waals surface area contributed by atoms with Crippen LogP contribution in [0.2, 0.25) is 5.02 Å². The van der Waals surface area contributed by atoms with Gasteiger partial charge in [-0.1, -0.05) is 11.6 Å². The number of amides is 1. The molecule has 1 aromatic carbocycles. The number of nitrogens with one attached hydrogen (secondary N) is 1. The molecule has 3 heterocycles. The molecule has 2 aliphatic heterocycles. The van der Waals surface area contributed by atoms with Crippen molar-refractivity contribution in [3.63, 3.8) is 0 Å². The van der Waals surface area contributed by atoms with Crippen LogP contribution in [0.5, 0.6) is 11.6 Å². The third-order valence-electron chi connectivity index (χ3n) is 4.81. The molecule has 9 nitrogen and oxygen atoms in total. The van der Waals surface area contributed by atoms with Crippen molar-refractivity contribution in [3.8, 4) is 11.6 Å². The zero-order chi connectivity index (χ0) is 20.8. The van der Waals surface area contributed by atoms with Gasteiger partial charge in [0.25, 0.3) is 15.9 Å². The third-order valence-corrected chi connectivity index (χ3v) is 6.45. The molecular formula is C18H18ClN3O6S. The van der Waals surface area contributed by atoms with Gasteiger partial charge < -0.3 is 19.5 Å². The summed E-state index contributed by atoms with van der Waals surface area (Å²) in [5, 5.41) is 10.1. The van der Waals surface area contributed by atoms with Crippen molar-refractivity contribution in [1.29, 1.82) is 0 Å². The summed E-state index contributed by atoms with van der Waals surface area (Å²) >= 11 is 5.93. The number of rotatable bonds is 4. The molecule has 1 saturated heterocycles. The van der Waals surface area contributed by atoms with E-state index in [9.17, 15) is 18.3 Å². The Morgan fingerprint density at radius 3 is 2.93 bits per heavy atom. The van der Waals surface area contributed by atoms with Crippen LogP contribution < -0.4 is 14.2 Å². The number of methoxy groups -OCH3 is 1. The number of aliphatic hydroxyl groups excluding tert-OH is 1. The Balaban J connectivity index is 1.67. The number of hydrogen-bond donors (Lipinski definition) is 2. The molecule has 4 rings (SSSR count). The molecule has 0 bridgehead atoms. The third kappa shape index (κ3) is 3.70. The fourth-order valence-electron chi connectivity index (χ4n) is 3.48. The number of sulfonamides is 1. The van der Waals surface area contributed by atoms with Gasteiger partial charge in [0.05, 0.1) is 31.1 Å². The predicted molar refractivity (Wildman–Crippen MR) is 104 cm³/mol. The van der Waals surface area contributed by atoms with Crippen LogP contribution in [0, 0.1) is 0 Å². The number of hydrogen-bond acceptors (Lipinski definition) is 7. The first-order valence-corrected chi connectivity index (χ1v) is 10.6. The van der Waals surface area contributed by atoms with E-state index in [2.05, 4.69) is 9.71 Å². The van der Waals surface area contributed by atoms with E-state index in [0.717, 1.165) is 0 Å². The van der Waals surface area contributed by atoms with Crippen LogP contribution in [0.25, 0.3) is 0 Å². The number of fused-ring (bicyclic) bond motifs is 2. The second-order valence-electron chi connectivity index (χ2n) is 6.79. The molecule has 1 amide bonds. The lowest BCUT2D eigenvalue weighted by molar-refractivity contribution is 0.0709. The number of benzene rings is 1. The summed E-state index contributed by atoms with van der Waals surface area (Å²) in [4.78, 5) is 18.4. The van der Waals surface area contributed by atoms with Crippen LogP contribution in [0.4, 0.5) is 5.69 Å². The van der Waals surface area contributed by atoms with Gasteiger partial charge in [-0.15, -0.1) is 0 Å². The van der Waals surface area contributed by atoms with Gasteiger partial charge in [-0.25, -0.2) is 13.4 Å². The van der Waals surface area contributed by atoms with Gasteiger partial charge in [-0.2, -0.15) is 0 Å². The van der Waals surface area contributed by atoms with Gasteiger partial charge >= 0.3 is 0 Å². The highest BCUT2D eigenvalue weighted by atomic mass is 35.5. The summed E-state index contributed by atoms with van der Waals surface area (Å²) in [5.74, 6) is -0.118. The van der Waals surface area contributed by atoms with E-state index in [1.165, 1.54) is 42.5 Å². The van der Waals surface area contributed by atoms with Crippen LogP contribution in [0.15, 0.2) is 35.4 Å². The zero-order valence-electron chi connectivity index (χ0n) is 15.3. The lowest BCUT2D eigenvalue weighted by atomic mass is 10.2. The van der Waals surface area contributed by atoms with Crippen LogP contribution >= 0.6 is 11.6 Å². The van der Waals surface area contributed by atoms with E-state index in [1.807, 2.05) is 0 Å². The normalized spacial score (nSPS) is 21.1. The minimum absolute atomic E-state index is 0.0842. The van der Waals surface area contributed by atoms with Crippen molar-refractivity contribution in [3.05, 3.63) is 41.0 Å². The lowest BCUT2D eigenvalue weighted by Gasteiger charge is -2.20. The number of aliphatic hydroxyl groups is 1. The first kappa shape index (κ1) is 19.7. The molecule has 154 valence electrons. The topological polar surface area (TPSA) is 118 Å². The minimum atomic E-state index is -4.06. The Labute approximate surface area is 172 Å². The predicted octanol–water partition coefficient (Wildman–Crippen LogP) is 1.51. The first-order valence-electron chi connectivity index (χ1n) is 8.76. The van der Waals surface area contributed by atoms with Gasteiger partial charge in [-0.05, 0) is 30.7 Å². The monoisotopic (exact) mass is 439 g/mol. The average Bonchev–Trinajstić information content (AvgIpc) is 3.01. The number of halogens is 1. The van der Waals surface area contributed by atoms with Crippen molar-refractivity contribution in [2.75, 3.05) is 25.0 Å². The van der Waals surface area contributed by atoms with Crippen LogP contribution in [0.3, 0.4) is 0 Å². The smallest absolute Gasteiger partial charge is 0.265 e. The Hall–Kier alpha value is -2.56. The summed E-state index contributed by atoms with van der Waals surface area (Å²) in [7, 11) is -2.71. The summed E-state index contributed by atoms with van der Waals surface area (Å²) in [6, 6.07) is 5.35. The fraction of sp³-hybridized carbons (Fsp3) is 0.333. The van der Waals surface area contributed by atoms with E-state index in [-0.39, 0.29) is 57.9 Å². The Morgan fingerprint density at radius 1 is 1.38 bits per heavy atom. The molecular weight excluding hydrogens is 422 g/mol. The van der Waals surface area contributed by atoms with Gasteiger partial charge in [0.1, 0.15) is 22.8 Å². The average molecular weight is 440 g/mol. The van der Waals surface area contributed by atoms with Gasteiger partial charge in [0.15, 0.2) is 0 Å². The van der Waals surface area contributed by atoms with Crippen molar-refractivity contribution >= 4 is 33.2 Å². The van der Waals surface area contributed by atoms with E-state index < -0.39 is 16.1 Å². The van der Waals surface area contributed by atoms with Gasteiger partial charge in [0.2, 0.25) is 5.88 Å². The molecule has 0 unspecified atom stereocenters. The van der Waals surface area contributed by atoms with Crippen LogP contribution in [-0.2, 0) is 10.0 Å². The molecule has 1 aromatic heterocycles. The number of carbonyl (C=O) groups is 1. The number of nitrogens with zero attached hydrogens (tertiary/aromatic N) is 2. The van der Waals surface area contributed by atoms with Crippen LogP contribution in [0.1, 0.15) is 16.8 Å². The highest BCUT2D eigenvalue weighted by Gasteiger charge is 2.39. The molecule has 1 fully saturated rings. The second-order valence-corrected chi connectivity index (χ2v) is 8.88. The summed E-state index contributed by atoms with van der Waals surface area (Å²) in [6.45, 7) is 0.412. The highest BCUT2D eigenvalue weighted by Crippen LogP contribution is 2.32. The molecule has 2 N–H and O–H groups in total. The fourth-order valence-corrected chi connectivity index (χ4v) is 4.94. The highest BCUT2D eigenvalue weighted by molar-refractivity contribution is 7.92.